The maximum Gasteiger partial charge on any atom is 0.123 e. The molecule has 0 saturated carbocycles. The molecule has 0 aromatic carbocycles. The Morgan fingerprint density at radius 3 is 2.71 bits per heavy atom. The third-order valence-corrected chi connectivity index (χ3v) is 2.65. The van der Waals surface area contributed by atoms with Gasteiger partial charge in [-0.3, -0.25) is 4.98 Å². The van der Waals surface area contributed by atoms with Gasteiger partial charge in [0.05, 0.1) is 16.8 Å². The van der Waals surface area contributed by atoms with Crippen molar-refractivity contribution in [2.75, 3.05) is 5.73 Å². The molecule has 0 saturated heterocycles. The SMILES string of the molecule is Nc1cc(CC(N)c2ccc(Cl)cn2)ccn1. The Kier molecular flexibility index (Phi) is 3.56. The van der Waals surface area contributed by atoms with Crippen molar-refractivity contribution in [3.05, 3.63) is 52.9 Å². The molecule has 17 heavy (non-hydrogen) atoms. The number of halogens is 1. The summed E-state index contributed by atoms with van der Waals surface area (Å²) in [5.41, 5.74) is 13.5. The Balaban J connectivity index is 2.11. The van der Waals surface area contributed by atoms with E-state index in [0.29, 0.717) is 17.3 Å². The topological polar surface area (TPSA) is 77.8 Å². The van der Waals surface area contributed by atoms with E-state index in [4.69, 9.17) is 23.1 Å². The minimum absolute atomic E-state index is 0.172. The number of nitrogen functional groups attached to an aromatic ring is 1. The molecule has 2 aromatic heterocycles. The van der Waals surface area contributed by atoms with Crippen molar-refractivity contribution in [3.63, 3.8) is 0 Å². The maximum atomic E-state index is 6.06. The van der Waals surface area contributed by atoms with Crippen molar-refractivity contribution in [1.82, 2.24) is 9.97 Å². The molecule has 0 bridgehead atoms. The van der Waals surface area contributed by atoms with Crippen molar-refractivity contribution in [2.45, 2.75) is 12.5 Å². The number of pyridine rings is 2. The van der Waals surface area contributed by atoms with Crippen LogP contribution < -0.4 is 11.5 Å². The highest BCUT2D eigenvalue weighted by Gasteiger charge is 2.08. The average Bonchev–Trinajstić information content (AvgIpc) is 2.29. The minimum Gasteiger partial charge on any atom is -0.384 e. The quantitative estimate of drug-likeness (QED) is 0.870. The number of nitrogens with two attached hydrogens (primary N) is 2. The first-order chi connectivity index (χ1) is 8.15. The van der Waals surface area contributed by atoms with Crippen molar-refractivity contribution < 1.29 is 0 Å². The summed E-state index contributed by atoms with van der Waals surface area (Å²) in [4.78, 5) is 8.13. The van der Waals surface area contributed by atoms with Crippen LogP contribution in [-0.2, 0) is 6.42 Å². The number of nitrogens with zero attached hydrogens (tertiary/aromatic N) is 2. The van der Waals surface area contributed by atoms with Crippen LogP contribution in [0.1, 0.15) is 17.3 Å². The molecule has 0 aliphatic rings. The Morgan fingerprint density at radius 1 is 1.24 bits per heavy atom. The van der Waals surface area contributed by atoms with Crippen molar-refractivity contribution in [1.29, 1.82) is 0 Å². The first-order valence-corrected chi connectivity index (χ1v) is 5.60. The van der Waals surface area contributed by atoms with E-state index in [1.54, 1.807) is 18.5 Å². The molecule has 88 valence electrons. The maximum absolute atomic E-state index is 6.06. The van der Waals surface area contributed by atoms with E-state index in [1.807, 2.05) is 18.2 Å². The summed E-state index contributed by atoms with van der Waals surface area (Å²) in [6.07, 6.45) is 3.94. The molecule has 0 radical (unpaired) electrons. The third kappa shape index (κ3) is 3.15. The van der Waals surface area contributed by atoms with Gasteiger partial charge in [0.15, 0.2) is 0 Å². The highest BCUT2D eigenvalue weighted by molar-refractivity contribution is 6.30. The lowest BCUT2D eigenvalue weighted by Crippen LogP contribution is -2.15. The largest absolute Gasteiger partial charge is 0.384 e. The summed E-state index contributed by atoms with van der Waals surface area (Å²) in [5, 5.41) is 0.606. The fraction of sp³-hybridized carbons (Fsp3) is 0.167. The van der Waals surface area contributed by atoms with Gasteiger partial charge >= 0.3 is 0 Å². The van der Waals surface area contributed by atoms with Crippen molar-refractivity contribution >= 4 is 17.4 Å². The van der Waals surface area contributed by atoms with Gasteiger partial charge in [0, 0.05) is 12.4 Å². The molecule has 2 rings (SSSR count). The molecule has 4 N–H and O–H groups in total. The van der Waals surface area contributed by atoms with Gasteiger partial charge < -0.3 is 11.5 Å². The summed E-state index contributed by atoms with van der Waals surface area (Å²) < 4.78 is 0. The predicted molar refractivity (Wildman–Crippen MR) is 68.5 cm³/mol. The second-order valence-corrected chi connectivity index (χ2v) is 4.24. The lowest BCUT2D eigenvalue weighted by atomic mass is 10.0. The zero-order valence-corrected chi connectivity index (χ0v) is 9.93. The molecule has 1 atom stereocenters. The molecule has 0 amide bonds. The fourth-order valence-corrected chi connectivity index (χ4v) is 1.70. The molecule has 4 nitrogen and oxygen atoms in total. The number of aromatic nitrogens is 2. The summed E-state index contributed by atoms with van der Waals surface area (Å²) >= 11 is 5.77. The normalized spacial score (nSPS) is 12.4. The molecular formula is C12H13ClN4. The van der Waals surface area contributed by atoms with Gasteiger partial charge in [-0.05, 0) is 36.2 Å². The van der Waals surface area contributed by atoms with Crippen LogP contribution in [0.15, 0.2) is 36.7 Å². The van der Waals surface area contributed by atoms with Gasteiger partial charge in [-0.1, -0.05) is 11.6 Å². The monoisotopic (exact) mass is 248 g/mol. The summed E-state index contributed by atoms with van der Waals surface area (Å²) in [5.74, 6) is 0.499. The first-order valence-electron chi connectivity index (χ1n) is 5.22. The molecule has 2 aromatic rings. The predicted octanol–water partition coefficient (Wildman–Crippen LogP) is 1.95. The Morgan fingerprint density at radius 2 is 2.06 bits per heavy atom. The highest BCUT2D eigenvalue weighted by atomic mass is 35.5. The molecule has 2 heterocycles. The molecule has 0 fully saturated rings. The van der Waals surface area contributed by atoms with Crippen LogP contribution in [0.4, 0.5) is 5.82 Å². The van der Waals surface area contributed by atoms with E-state index in [9.17, 15) is 0 Å². The minimum atomic E-state index is -0.172. The van der Waals surface area contributed by atoms with E-state index in [0.717, 1.165) is 11.3 Å². The van der Waals surface area contributed by atoms with Crippen LogP contribution in [0.5, 0.6) is 0 Å². The lowest BCUT2D eigenvalue weighted by Gasteiger charge is -2.11. The molecule has 5 heteroatoms. The van der Waals surface area contributed by atoms with Gasteiger partial charge in [-0.25, -0.2) is 4.98 Å². The number of hydrogen-bond donors (Lipinski definition) is 2. The standard InChI is InChI=1S/C12H13ClN4/c13-9-1-2-11(17-7-9)10(14)5-8-3-4-16-12(15)6-8/h1-4,6-7,10H,5,14H2,(H2,15,16). The average molecular weight is 249 g/mol. The highest BCUT2D eigenvalue weighted by Crippen LogP contribution is 2.16. The van der Waals surface area contributed by atoms with Gasteiger partial charge in [-0.2, -0.15) is 0 Å². The van der Waals surface area contributed by atoms with E-state index < -0.39 is 0 Å². The molecule has 0 spiro atoms. The fourth-order valence-electron chi connectivity index (χ4n) is 1.59. The Bertz CT molecular complexity index is 498. The summed E-state index contributed by atoms with van der Waals surface area (Å²) in [6.45, 7) is 0. The van der Waals surface area contributed by atoms with Crippen LogP contribution in [0.3, 0.4) is 0 Å². The van der Waals surface area contributed by atoms with E-state index in [2.05, 4.69) is 9.97 Å². The van der Waals surface area contributed by atoms with E-state index in [-0.39, 0.29) is 6.04 Å². The third-order valence-electron chi connectivity index (χ3n) is 2.43. The van der Waals surface area contributed by atoms with Crippen molar-refractivity contribution in [2.24, 2.45) is 5.73 Å². The Labute approximate surface area is 105 Å². The Hall–Kier alpha value is -1.65. The lowest BCUT2D eigenvalue weighted by molar-refractivity contribution is 0.696. The van der Waals surface area contributed by atoms with Crippen molar-refractivity contribution in [3.8, 4) is 0 Å². The molecule has 0 aliphatic heterocycles. The number of hydrogen-bond acceptors (Lipinski definition) is 4. The second-order valence-electron chi connectivity index (χ2n) is 3.80. The number of anilines is 1. The van der Waals surface area contributed by atoms with Gasteiger partial charge in [0.2, 0.25) is 0 Å². The van der Waals surface area contributed by atoms with Gasteiger partial charge in [0.25, 0.3) is 0 Å². The van der Waals surface area contributed by atoms with Gasteiger partial charge in [-0.15, -0.1) is 0 Å². The first kappa shape index (κ1) is 11.8. The summed E-state index contributed by atoms with van der Waals surface area (Å²) in [6, 6.07) is 7.15. The van der Waals surface area contributed by atoms with Crippen LogP contribution in [0.25, 0.3) is 0 Å². The van der Waals surface area contributed by atoms with Crippen LogP contribution >= 0.6 is 11.6 Å². The second kappa shape index (κ2) is 5.12. The number of rotatable bonds is 3. The molecule has 1 unspecified atom stereocenters. The zero-order valence-electron chi connectivity index (χ0n) is 9.18. The van der Waals surface area contributed by atoms with E-state index in [1.165, 1.54) is 0 Å². The summed E-state index contributed by atoms with van der Waals surface area (Å²) in [7, 11) is 0. The van der Waals surface area contributed by atoms with Crippen LogP contribution in [0.2, 0.25) is 5.02 Å². The molecular weight excluding hydrogens is 236 g/mol. The van der Waals surface area contributed by atoms with E-state index >= 15 is 0 Å². The van der Waals surface area contributed by atoms with Crippen LogP contribution in [0, 0.1) is 0 Å². The smallest absolute Gasteiger partial charge is 0.123 e. The van der Waals surface area contributed by atoms with Crippen LogP contribution in [-0.4, -0.2) is 9.97 Å². The zero-order chi connectivity index (χ0) is 12.3. The van der Waals surface area contributed by atoms with Gasteiger partial charge in [0.1, 0.15) is 5.82 Å². The molecule has 0 aliphatic carbocycles.